The third-order valence-electron chi connectivity index (χ3n) is 3.50. The number of aliphatic hydroxyl groups is 1. The topological polar surface area (TPSA) is 66.4 Å². The van der Waals surface area contributed by atoms with Gasteiger partial charge in [0.15, 0.2) is 0 Å². The van der Waals surface area contributed by atoms with Crippen LogP contribution in [-0.2, 0) is 22.2 Å². The third-order valence-corrected chi connectivity index (χ3v) is 4.88. The van der Waals surface area contributed by atoms with Crippen LogP contribution in [0.5, 0.6) is 0 Å². The van der Waals surface area contributed by atoms with E-state index in [9.17, 15) is 13.5 Å². The summed E-state index contributed by atoms with van der Waals surface area (Å²) in [5.74, 6) is -0.0784. The standard InChI is InChI=1S/C17H21NO3S/c1-14-7-5-6-10-16(14)13-22(20,21)18-17(12-19)11-15-8-3-2-4-9-15/h2-10,17-19H,11-13H2,1H3/t17-/m1/s1. The molecule has 0 radical (unpaired) electrons. The average molecular weight is 319 g/mol. The van der Waals surface area contributed by atoms with E-state index in [0.29, 0.717) is 6.42 Å². The molecule has 22 heavy (non-hydrogen) atoms. The van der Waals surface area contributed by atoms with Crippen LogP contribution in [0.4, 0.5) is 0 Å². The molecule has 2 aromatic carbocycles. The van der Waals surface area contributed by atoms with E-state index in [2.05, 4.69) is 4.72 Å². The van der Waals surface area contributed by atoms with Crippen LogP contribution in [-0.4, -0.2) is 26.2 Å². The number of aliphatic hydroxyl groups excluding tert-OH is 1. The first-order valence-electron chi connectivity index (χ1n) is 7.19. The summed E-state index contributed by atoms with van der Waals surface area (Å²) in [4.78, 5) is 0. The van der Waals surface area contributed by atoms with Crippen molar-refractivity contribution in [2.75, 3.05) is 6.61 Å². The molecule has 2 aromatic rings. The number of nitrogens with one attached hydrogen (secondary N) is 1. The minimum atomic E-state index is -3.50. The van der Waals surface area contributed by atoms with E-state index in [1.54, 1.807) is 6.07 Å². The predicted molar refractivity (Wildman–Crippen MR) is 88.0 cm³/mol. The molecule has 4 nitrogen and oxygen atoms in total. The Hall–Kier alpha value is -1.69. The molecule has 0 aliphatic rings. The highest BCUT2D eigenvalue weighted by Gasteiger charge is 2.19. The molecule has 2 rings (SSSR count). The molecule has 0 saturated heterocycles. The Morgan fingerprint density at radius 3 is 2.32 bits per heavy atom. The van der Waals surface area contributed by atoms with Crippen LogP contribution in [0.15, 0.2) is 54.6 Å². The first kappa shape index (κ1) is 16.7. The van der Waals surface area contributed by atoms with Crippen LogP contribution in [0.3, 0.4) is 0 Å². The van der Waals surface area contributed by atoms with Gasteiger partial charge in [-0.15, -0.1) is 0 Å². The molecule has 0 heterocycles. The second kappa shape index (κ2) is 7.54. The largest absolute Gasteiger partial charge is 0.395 e. The Morgan fingerprint density at radius 1 is 1.05 bits per heavy atom. The van der Waals surface area contributed by atoms with Gasteiger partial charge >= 0.3 is 0 Å². The Bertz CT molecular complexity index is 699. The lowest BCUT2D eigenvalue weighted by molar-refractivity contribution is 0.256. The van der Waals surface area contributed by atoms with Crippen LogP contribution in [0.2, 0.25) is 0 Å². The first-order chi connectivity index (χ1) is 10.5. The van der Waals surface area contributed by atoms with Gasteiger partial charge in [0.05, 0.1) is 12.4 Å². The molecule has 0 spiro atoms. The number of benzene rings is 2. The molecule has 0 aliphatic carbocycles. The van der Waals surface area contributed by atoms with Crippen molar-refractivity contribution in [2.45, 2.75) is 25.1 Å². The van der Waals surface area contributed by atoms with Crippen molar-refractivity contribution in [1.29, 1.82) is 0 Å². The van der Waals surface area contributed by atoms with Crippen LogP contribution in [0.1, 0.15) is 16.7 Å². The predicted octanol–water partition coefficient (Wildman–Crippen LogP) is 2.02. The Balaban J connectivity index is 2.04. The lowest BCUT2D eigenvalue weighted by Gasteiger charge is -2.17. The normalized spacial score (nSPS) is 13.0. The summed E-state index contributed by atoms with van der Waals surface area (Å²) in [6, 6.07) is 16.4. The highest BCUT2D eigenvalue weighted by atomic mass is 32.2. The highest BCUT2D eigenvalue weighted by molar-refractivity contribution is 7.88. The smallest absolute Gasteiger partial charge is 0.216 e. The number of aryl methyl sites for hydroxylation is 1. The number of hydrogen-bond acceptors (Lipinski definition) is 3. The summed E-state index contributed by atoms with van der Waals surface area (Å²) in [5.41, 5.74) is 2.70. The molecule has 0 fully saturated rings. The van der Waals surface area contributed by atoms with E-state index in [-0.39, 0.29) is 12.4 Å². The number of sulfonamides is 1. The Kier molecular flexibility index (Phi) is 5.71. The SMILES string of the molecule is Cc1ccccc1CS(=O)(=O)N[C@@H](CO)Cc1ccccc1. The molecule has 118 valence electrons. The van der Waals surface area contributed by atoms with Crippen LogP contribution < -0.4 is 4.72 Å². The van der Waals surface area contributed by atoms with Gasteiger partial charge in [-0.3, -0.25) is 0 Å². The first-order valence-corrected chi connectivity index (χ1v) is 8.84. The molecular weight excluding hydrogens is 298 g/mol. The van der Waals surface area contributed by atoms with Crippen molar-refractivity contribution in [3.05, 3.63) is 71.3 Å². The van der Waals surface area contributed by atoms with Gasteiger partial charge < -0.3 is 5.11 Å². The monoisotopic (exact) mass is 319 g/mol. The lowest BCUT2D eigenvalue weighted by atomic mass is 10.1. The van der Waals surface area contributed by atoms with Crippen molar-refractivity contribution >= 4 is 10.0 Å². The van der Waals surface area contributed by atoms with Crippen molar-refractivity contribution < 1.29 is 13.5 Å². The number of hydrogen-bond donors (Lipinski definition) is 2. The van der Waals surface area contributed by atoms with Gasteiger partial charge in [-0.25, -0.2) is 13.1 Å². The van der Waals surface area contributed by atoms with E-state index in [0.717, 1.165) is 16.7 Å². The van der Waals surface area contributed by atoms with Gasteiger partial charge in [0.2, 0.25) is 10.0 Å². The summed E-state index contributed by atoms with van der Waals surface area (Å²) < 4.78 is 27.2. The van der Waals surface area contributed by atoms with E-state index in [4.69, 9.17) is 0 Å². The summed E-state index contributed by atoms with van der Waals surface area (Å²) in [5, 5.41) is 9.44. The van der Waals surface area contributed by atoms with Crippen molar-refractivity contribution in [2.24, 2.45) is 0 Å². The molecule has 0 amide bonds. The summed E-state index contributed by atoms with van der Waals surface area (Å²) in [6.45, 7) is 1.65. The zero-order valence-corrected chi connectivity index (χ0v) is 13.4. The van der Waals surface area contributed by atoms with Crippen LogP contribution in [0, 0.1) is 6.92 Å². The van der Waals surface area contributed by atoms with Crippen LogP contribution in [0.25, 0.3) is 0 Å². The molecule has 0 aromatic heterocycles. The van der Waals surface area contributed by atoms with E-state index >= 15 is 0 Å². The molecule has 0 aliphatic heterocycles. The highest BCUT2D eigenvalue weighted by Crippen LogP contribution is 2.12. The number of rotatable bonds is 7. The maximum absolute atomic E-state index is 12.3. The second-order valence-electron chi connectivity index (χ2n) is 5.37. The third kappa shape index (κ3) is 4.94. The minimum absolute atomic E-state index is 0.0784. The summed E-state index contributed by atoms with van der Waals surface area (Å²) in [7, 11) is -3.50. The van der Waals surface area contributed by atoms with Crippen LogP contribution >= 0.6 is 0 Å². The molecule has 0 unspecified atom stereocenters. The summed E-state index contributed by atoms with van der Waals surface area (Å²) >= 11 is 0. The average Bonchev–Trinajstić information content (AvgIpc) is 2.49. The second-order valence-corrected chi connectivity index (χ2v) is 7.13. The molecule has 0 saturated carbocycles. The molecule has 5 heteroatoms. The fraction of sp³-hybridized carbons (Fsp3) is 0.294. The minimum Gasteiger partial charge on any atom is -0.395 e. The van der Waals surface area contributed by atoms with Gasteiger partial charge in [-0.05, 0) is 30.0 Å². The van der Waals surface area contributed by atoms with Gasteiger partial charge in [-0.1, -0.05) is 54.6 Å². The zero-order chi connectivity index (χ0) is 16.0. The van der Waals surface area contributed by atoms with Gasteiger partial charge in [-0.2, -0.15) is 0 Å². The van der Waals surface area contributed by atoms with E-state index in [1.807, 2.05) is 55.5 Å². The van der Waals surface area contributed by atoms with E-state index in [1.165, 1.54) is 0 Å². The Labute approximate surface area is 131 Å². The van der Waals surface area contributed by atoms with Gasteiger partial charge in [0, 0.05) is 6.04 Å². The van der Waals surface area contributed by atoms with E-state index < -0.39 is 16.1 Å². The zero-order valence-electron chi connectivity index (χ0n) is 12.6. The van der Waals surface area contributed by atoms with Gasteiger partial charge in [0.1, 0.15) is 0 Å². The maximum atomic E-state index is 12.3. The van der Waals surface area contributed by atoms with Crippen molar-refractivity contribution in [1.82, 2.24) is 4.72 Å². The molecule has 0 bridgehead atoms. The quantitative estimate of drug-likeness (QED) is 0.820. The van der Waals surface area contributed by atoms with Crippen molar-refractivity contribution in [3.63, 3.8) is 0 Å². The van der Waals surface area contributed by atoms with Gasteiger partial charge in [0.25, 0.3) is 0 Å². The molecular formula is C17H21NO3S. The van der Waals surface area contributed by atoms with Crippen molar-refractivity contribution in [3.8, 4) is 0 Å². The maximum Gasteiger partial charge on any atom is 0.216 e. The fourth-order valence-corrected chi connectivity index (χ4v) is 3.80. The Morgan fingerprint density at radius 2 is 1.68 bits per heavy atom. The molecule has 2 N–H and O–H groups in total. The molecule has 1 atom stereocenters. The lowest BCUT2D eigenvalue weighted by Crippen LogP contribution is -2.39. The summed E-state index contributed by atoms with van der Waals surface area (Å²) in [6.07, 6.45) is 0.463. The fourth-order valence-electron chi connectivity index (χ4n) is 2.31.